The highest BCUT2D eigenvalue weighted by molar-refractivity contribution is 5.42. The molecule has 0 aliphatic heterocycles. The van der Waals surface area contributed by atoms with E-state index in [0.29, 0.717) is 12.5 Å². The van der Waals surface area contributed by atoms with Crippen LogP contribution in [0.2, 0.25) is 0 Å². The van der Waals surface area contributed by atoms with Gasteiger partial charge in [-0.2, -0.15) is 5.26 Å². The Morgan fingerprint density at radius 1 is 1.12 bits per heavy atom. The van der Waals surface area contributed by atoms with E-state index in [0.717, 1.165) is 24.8 Å². The Balaban J connectivity index is 0.000000511. The number of nitrogens with one attached hydrogen (secondary N) is 1. The summed E-state index contributed by atoms with van der Waals surface area (Å²) >= 11 is 0. The van der Waals surface area contributed by atoms with Gasteiger partial charge in [-0.3, -0.25) is 0 Å². The number of rotatable bonds is 3. The summed E-state index contributed by atoms with van der Waals surface area (Å²) in [6.45, 7) is 0.653. The summed E-state index contributed by atoms with van der Waals surface area (Å²) in [6, 6.07) is 13.5. The van der Waals surface area contributed by atoms with Crippen LogP contribution in [0.25, 0.3) is 0 Å². The van der Waals surface area contributed by atoms with E-state index in [2.05, 4.69) is 29.6 Å². The lowest BCUT2D eigenvalue weighted by atomic mass is 9.89. The van der Waals surface area contributed by atoms with Crippen molar-refractivity contribution in [3.8, 4) is 6.19 Å². The molecule has 25 heavy (non-hydrogen) atoms. The Kier molecular flexibility index (Phi) is 6.97. The van der Waals surface area contributed by atoms with Crippen molar-refractivity contribution in [1.82, 2.24) is 10.2 Å². The zero-order chi connectivity index (χ0) is 18.2. The topological polar surface area (TPSA) is 39.1 Å². The van der Waals surface area contributed by atoms with E-state index in [-0.39, 0.29) is 5.82 Å². The fourth-order valence-corrected chi connectivity index (χ4v) is 3.19. The van der Waals surface area contributed by atoms with Crippen LogP contribution in [-0.2, 0) is 12.8 Å². The average Bonchev–Trinajstić information content (AvgIpc) is 2.71. The number of nitrogens with zero attached hydrogens (tertiary/aromatic N) is 2. The van der Waals surface area contributed by atoms with Gasteiger partial charge in [0.25, 0.3) is 0 Å². The molecule has 0 amide bonds. The molecule has 1 N–H and O–H groups in total. The summed E-state index contributed by atoms with van der Waals surface area (Å²) in [6.07, 6.45) is 4.53. The molecule has 4 heteroatoms. The van der Waals surface area contributed by atoms with Crippen molar-refractivity contribution >= 4 is 0 Å². The summed E-state index contributed by atoms with van der Waals surface area (Å²) < 4.78 is 13.5. The summed E-state index contributed by atoms with van der Waals surface area (Å²) in [5.74, 6) is 0.152. The van der Waals surface area contributed by atoms with E-state index in [9.17, 15) is 4.39 Å². The molecule has 0 heterocycles. The van der Waals surface area contributed by atoms with Gasteiger partial charge < -0.3 is 10.2 Å². The molecule has 1 aliphatic carbocycles. The predicted molar refractivity (Wildman–Crippen MR) is 99.9 cm³/mol. The van der Waals surface area contributed by atoms with Gasteiger partial charge in [-0.1, -0.05) is 30.3 Å². The van der Waals surface area contributed by atoms with Crippen LogP contribution >= 0.6 is 0 Å². The second-order valence-electron chi connectivity index (χ2n) is 6.86. The van der Waals surface area contributed by atoms with Gasteiger partial charge in [-0.15, -0.1) is 0 Å². The van der Waals surface area contributed by atoms with Gasteiger partial charge in [-0.25, -0.2) is 4.39 Å². The third-order valence-corrected chi connectivity index (χ3v) is 4.21. The monoisotopic (exact) mass is 339 g/mol. The molecular weight excluding hydrogens is 313 g/mol. The van der Waals surface area contributed by atoms with Crippen LogP contribution in [0.4, 0.5) is 4.39 Å². The van der Waals surface area contributed by atoms with Gasteiger partial charge in [0.2, 0.25) is 0 Å². The molecule has 0 radical (unpaired) electrons. The first kappa shape index (κ1) is 19.0. The third kappa shape index (κ3) is 5.58. The van der Waals surface area contributed by atoms with Crippen LogP contribution in [0.3, 0.4) is 0 Å². The van der Waals surface area contributed by atoms with Crippen LogP contribution < -0.4 is 5.32 Å². The third-order valence-electron chi connectivity index (χ3n) is 4.21. The molecule has 2 aromatic rings. The Morgan fingerprint density at radius 3 is 2.56 bits per heavy atom. The van der Waals surface area contributed by atoms with Gasteiger partial charge in [0.05, 0.1) is 0 Å². The Bertz CT molecular complexity index is 731. The molecule has 0 spiro atoms. The zero-order valence-electron chi connectivity index (χ0n) is 15.2. The maximum absolute atomic E-state index is 13.5. The highest BCUT2D eigenvalue weighted by Gasteiger charge is 2.21. The lowest BCUT2D eigenvalue weighted by molar-refractivity contribution is 0.505. The van der Waals surface area contributed by atoms with Crippen LogP contribution in [0.5, 0.6) is 0 Å². The number of hydrogen-bond acceptors (Lipinski definition) is 3. The van der Waals surface area contributed by atoms with Crippen molar-refractivity contribution in [3.63, 3.8) is 0 Å². The number of nitriles is 1. The molecule has 132 valence electrons. The first-order valence-electron chi connectivity index (χ1n) is 8.59. The average molecular weight is 339 g/mol. The maximum atomic E-state index is 13.5. The fourth-order valence-electron chi connectivity index (χ4n) is 3.19. The van der Waals surface area contributed by atoms with E-state index in [1.54, 1.807) is 12.1 Å². The Hall–Kier alpha value is -2.38. The van der Waals surface area contributed by atoms with Crippen molar-refractivity contribution in [2.24, 2.45) is 0 Å². The van der Waals surface area contributed by atoms with E-state index in [1.807, 2.05) is 38.3 Å². The molecule has 0 saturated heterocycles. The lowest BCUT2D eigenvalue weighted by Crippen LogP contribution is -2.13. The van der Waals surface area contributed by atoms with Crippen LogP contribution in [0.15, 0.2) is 42.5 Å². The van der Waals surface area contributed by atoms with Crippen molar-refractivity contribution in [2.45, 2.75) is 25.2 Å². The van der Waals surface area contributed by atoms with E-state index in [1.165, 1.54) is 16.7 Å². The van der Waals surface area contributed by atoms with Crippen LogP contribution in [0.1, 0.15) is 34.6 Å². The minimum Gasteiger partial charge on any atom is -0.324 e. The lowest BCUT2D eigenvalue weighted by Gasteiger charge is -2.17. The first-order chi connectivity index (χ1) is 12.0. The van der Waals surface area contributed by atoms with Crippen LogP contribution in [0, 0.1) is 17.3 Å². The highest BCUT2D eigenvalue weighted by Crippen LogP contribution is 2.34. The molecule has 1 unspecified atom stereocenters. The number of halogens is 1. The largest absolute Gasteiger partial charge is 0.324 e. The highest BCUT2D eigenvalue weighted by atomic mass is 19.1. The number of benzene rings is 2. The van der Waals surface area contributed by atoms with Gasteiger partial charge in [0.1, 0.15) is 5.82 Å². The van der Waals surface area contributed by atoms with Crippen molar-refractivity contribution in [3.05, 3.63) is 70.5 Å². The van der Waals surface area contributed by atoms with E-state index in [4.69, 9.17) is 5.26 Å². The minimum atomic E-state index is -0.173. The number of hydrogen-bond donors (Lipinski definition) is 1. The quantitative estimate of drug-likeness (QED) is 0.526. The standard InChI is InChI=1S/C18H17FN2.C3H9N/c19-17-6-5-13-9-14-3-1-2-4-18(14)15(7-8-21-12-20)10-16(13)11-17;1-4(2)3/h1-6,11,15,21H,7-10H2;1-3H3. The second kappa shape index (κ2) is 9.19. The predicted octanol–water partition coefficient (Wildman–Crippen LogP) is 3.69. The van der Waals surface area contributed by atoms with Gasteiger partial charge in [0.15, 0.2) is 6.19 Å². The van der Waals surface area contributed by atoms with Gasteiger partial charge >= 0.3 is 0 Å². The molecular formula is C21H26FN3. The zero-order valence-corrected chi connectivity index (χ0v) is 15.2. The molecule has 0 fully saturated rings. The normalized spacial score (nSPS) is 15.1. The molecule has 3 nitrogen and oxygen atoms in total. The SMILES string of the molecule is CN(C)C.N#CNCCC1Cc2cc(F)ccc2Cc2ccccc21. The van der Waals surface area contributed by atoms with E-state index < -0.39 is 0 Å². The molecule has 0 aromatic heterocycles. The molecule has 0 saturated carbocycles. The summed E-state index contributed by atoms with van der Waals surface area (Å²) in [7, 11) is 6.00. The molecule has 1 atom stereocenters. The summed E-state index contributed by atoms with van der Waals surface area (Å²) in [4.78, 5) is 2.00. The van der Waals surface area contributed by atoms with Gasteiger partial charge in [0, 0.05) is 6.54 Å². The van der Waals surface area contributed by atoms with Crippen molar-refractivity contribution in [2.75, 3.05) is 27.7 Å². The molecule has 2 aromatic carbocycles. The smallest absolute Gasteiger partial charge is 0.176 e. The van der Waals surface area contributed by atoms with Crippen molar-refractivity contribution < 1.29 is 4.39 Å². The first-order valence-corrected chi connectivity index (χ1v) is 8.59. The van der Waals surface area contributed by atoms with Gasteiger partial charge in [-0.05, 0) is 80.7 Å². The summed E-state index contributed by atoms with van der Waals surface area (Å²) in [5, 5.41) is 11.3. The second-order valence-corrected chi connectivity index (χ2v) is 6.86. The molecule has 3 rings (SSSR count). The van der Waals surface area contributed by atoms with Crippen molar-refractivity contribution in [1.29, 1.82) is 5.26 Å². The minimum absolute atomic E-state index is 0.173. The fraction of sp³-hybridized carbons (Fsp3) is 0.381. The summed E-state index contributed by atoms with van der Waals surface area (Å²) in [5.41, 5.74) is 4.94. The Morgan fingerprint density at radius 2 is 1.84 bits per heavy atom. The Labute approximate surface area is 150 Å². The van der Waals surface area contributed by atoms with Crippen LogP contribution in [-0.4, -0.2) is 32.6 Å². The molecule has 1 aliphatic rings. The maximum Gasteiger partial charge on any atom is 0.176 e. The number of fused-ring (bicyclic) bond motifs is 2. The van der Waals surface area contributed by atoms with E-state index >= 15 is 0 Å². The molecule has 0 bridgehead atoms.